The molecule has 2 nitrogen and oxygen atoms in total. The lowest BCUT2D eigenvalue weighted by Gasteiger charge is -2.36. The summed E-state index contributed by atoms with van der Waals surface area (Å²) >= 11 is 0. The van der Waals surface area contributed by atoms with Crippen molar-refractivity contribution in [1.82, 2.24) is 5.32 Å². The third kappa shape index (κ3) is 2.75. The molecule has 1 atom stereocenters. The van der Waals surface area contributed by atoms with Gasteiger partial charge < -0.3 is 10.1 Å². The quantitative estimate of drug-likeness (QED) is 0.655. The van der Waals surface area contributed by atoms with E-state index in [2.05, 4.69) is 5.32 Å². The molecule has 0 unspecified atom stereocenters. The van der Waals surface area contributed by atoms with Crippen LogP contribution in [-0.4, -0.2) is 31.5 Å². The van der Waals surface area contributed by atoms with Crippen molar-refractivity contribution >= 4 is 0 Å². The summed E-state index contributed by atoms with van der Waals surface area (Å²) in [6, 6.07) is 0. The van der Waals surface area contributed by atoms with Gasteiger partial charge in [-0.2, -0.15) is 0 Å². The molecule has 0 spiro atoms. The second-order valence-corrected chi connectivity index (χ2v) is 3.61. The highest BCUT2D eigenvalue weighted by atomic mass is 19.1. The van der Waals surface area contributed by atoms with Crippen molar-refractivity contribution in [2.75, 3.05) is 19.8 Å². The van der Waals surface area contributed by atoms with Gasteiger partial charge in [0, 0.05) is 19.5 Å². The number of rotatable bonds is 2. The predicted octanol–water partition coefficient (Wildman–Crippen LogP) is 1.11. The summed E-state index contributed by atoms with van der Waals surface area (Å²) in [6.07, 6.45) is 0.569. The molecule has 0 radical (unpaired) electrons. The van der Waals surface area contributed by atoms with E-state index in [1.54, 1.807) is 0 Å². The number of hydrogen-bond donors (Lipinski definition) is 1. The highest BCUT2D eigenvalue weighted by Crippen LogP contribution is 2.16. The summed E-state index contributed by atoms with van der Waals surface area (Å²) in [5, 5.41) is 3.22. The first-order chi connectivity index (χ1) is 5.14. The fourth-order valence-corrected chi connectivity index (χ4v) is 1.35. The van der Waals surface area contributed by atoms with Gasteiger partial charge in [-0.15, -0.1) is 0 Å². The summed E-state index contributed by atoms with van der Waals surface area (Å²) in [4.78, 5) is 0. The Morgan fingerprint density at radius 3 is 2.91 bits per heavy atom. The molecule has 1 saturated heterocycles. The zero-order valence-electron chi connectivity index (χ0n) is 7.19. The maximum absolute atomic E-state index is 11.9. The molecule has 1 heterocycles. The second-order valence-electron chi connectivity index (χ2n) is 3.61. The summed E-state index contributed by atoms with van der Waals surface area (Å²) in [5.41, 5.74) is -0.127. The van der Waals surface area contributed by atoms with Crippen LogP contribution in [0.4, 0.5) is 4.39 Å². The Bertz CT molecular complexity index is 125. The molecule has 0 aromatic carbocycles. The predicted molar refractivity (Wildman–Crippen MR) is 42.4 cm³/mol. The number of morpholine rings is 1. The summed E-state index contributed by atoms with van der Waals surface area (Å²) < 4.78 is 17.5. The van der Waals surface area contributed by atoms with Crippen LogP contribution in [0.1, 0.15) is 20.3 Å². The molecule has 3 heteroatoms. The topological polar surface area (TPSA) is 21.3 Å². The van der Waals surface area contributed by atoms with E-state index < -0.39 is 0 Å². The van der Waals surface area contributed by atoms with Crippen LogP contribution in [0.15, 0.2) is 0 Å². The van der Waals surface area contributed by atoms with Crippen LogP contribution in [0.2, 0.25) is 0 Å². The fraction of sp³-hybridized carbons (Fsp3) is 1.00. The van der Waals surface area contributed by atoms with Gasteiger partial charge in [0.2, 0.25) is 0 Å². The van der Waals surface area contributed by atoms with Crippen LogP contribution >= 0.6 is 0 Å². The average molecular weight is 161 g/mol. The Balaban J connectivity index is 2.34. The molecule has 1 fully saturated rings. The molecule has 11 heavy (non-hydrogen) atoms. The van der Waals surface area contributed by atoms with Crippen LogP contribution in [0.25, 0.3) is 0 Å². The molecule has 0 amide bonds. The Morgan fingerprint density at radius 1 is 1.64 bits per heavy atom. The summed E-state index contributed by atoms with van der Waals surface area (Å²) in [7, 11) is 0. The number of halogens is 1. The van der Waals surface area contributed by atoms with Crippen LogP contribution in [-0.2, 0) is 4.74 Å². The summed E-state index contributed by atoms with van der Waals surface area (Å²) in [5.74, 6) is 0. The molecular weight excluding hydrogens is 145 g/mol. The first kappa shape index (κ1) is 8.94. The van der Waals surface area contributed by atoms with Gasteiger partial charge in [0.25, 0.3) is 0 Å². The second kappa shape index (κ2) is 3.50. The standard InChI is InChI=1S/C8H16FNO/c1-8(2)6-10-5-7(11-8)3-4-9/h7,10H,3-6H2,1-2H3/t7-/m0/s1. The van der Waals surface area contributed by atoms with Crippen molar-refractivity contribution in [3.8, 4) is 0 Å². The number of nitrogens with one attached hydrogen (secondary N) is 1. The third-order valence-corrected chi connectivity index (χ3v) is 1.84. The fourth-order valence-electron chi connectivity index (χ4n) is 1.35. The molecule has 1 N–H and O–H groups in total. The van der Waals surface area contributed by atoms with Crippen molar-refractivity contribution in [1.29, 1.82) is 0 Å². The minimum Gasteiger partial charge on any atom is -0.370 e. The van der Waals surface area contributed by atoms with E-state index in [1.165, 1.54) is 0 Å². The number of ether oxygens (including phenoxy) is 1. The van der Waals surface area contributed by atoms with Crippen LogP contribution in [0.5, 0.6) is 0 Å². The minimum absolute atomic E-state index is 0.0590. The van der Waals surface area contributed by atoms with E-state index in [4.69, 9.17) is 4.74 Å². The maximum Gasteiger partial charge on any atom is 0.0919 e. The van der Waals surface area contributed by atoms with Gasteiger partial charge in [0.15, 0.2) is 0 Å². The molecule has 1 rings (SSSR count). The normalized spacial score (nSPS) is 30.3. The van der Waals surface area contributed by atoms with E-state index in [0.29, 0.717) is 6.42 Å². The molecule has 1 aliphatic rings. The zero-order valence-corrected chi connectivity index (χ0v) is 7.19. The number of hydrogen-bond acceptors (Lipinski definition) is 2. The lowest BCUT2D eigenvalue weighted by atomic mass is 10.1. The first-order valence-electron chi connectivity index (χ1n) is 4.08. The highest BCUT2D eigenvalue weighted by molar-refractivity contribution is 4.80. The summed E-state index contributed by atoms with van der Waals surface area (Å²) in [6.45, 7) is 5.39. The average Bonchev–Trinajstić information content (AvgIpc) is 1.85. The van der Waals surface area contributed by atoms with Crippen LogP contribution in [0.3, 0.4) is 0 Å². The largest absolute Gasteiger partial charge is 0.370 e. The van der Waals surface area contributed by atoms with E-state index in [-0.39, 0.29) is 18.4 Å². The van der Waals surface area contributed by atoms with E-state index in [1.807, 2.05) is 13.8 Å². The van der Waals surface area contributed by atoms with E-state index >= 15 is 0 Å². The minimum atomic E-state index is -0.289. The zero-order chi connectivity index (χ0) is 8.32. The molecule has 0 bridgehead atoms. The Hall–Kier alpha value is -0.150. The van der Waals surface area contributed by atoms with Gasteiger partial charge in [0.05, 0.1) is 18.4 Å². The van der Waals surface area contributed by atoms with Gasteiger partial charge in [-0.3, -0.25) is 4.39 Å². The smallest absolute Gasteiger partial charge is 0.0919 e. The lowest BCUT2D eigenvalue weighted by molar-refractivity contribution is -0.0975. The Labute approximate surface area is 67.1 Å². The van der Waals surface area contributed by atoms with Gasteiger partial charge in [-0.1, -0.05) is 0 Å². The van der Waals surface area contributed by atoms with Crippen molar-refractivity contribution in [2.45, 2.75) is 32.0 Å². The Kier molecular flexibility index (Phi) is 2.84. The Morgan fingerprint density at radius 2 is 2.36 bits per heavy atom. The van der Waals surface area contributed by atoms with Gasteiger partial charge >= 0.3 is 0 Å². The van der Waals surface area contributed by atoms with Gasteiger partial charge in [0.1, 0.15) is 0 Å². The van der Waals surface area contributed by atoms with Gasteiger partial charge in [-0.05, 0) is 13.8 Å². The van der Waals surface area contributed by atoms with Crippen molar-refractivity contribution < 1.29 is 9.13 Å². The molecule has 0 aliphatic carbocycles. The molecule has 66 valence electrons. The maximum atomic E-state index is 11.9. The molecule has 0 saturated carbocycles. The van der Waals surface area contributed by atoms with Gasteiger partial charge in [-0.25, -0.2) is 0 Å². The van der Waals surface area contributed by atoms with Crippen LogP contribution in [0, 0.1) is 0 Å². The number of alkyl halides is 1. The molecule has 0 aromatic heterocycles. The van der Waals surface area contributed by atoms with E-state index in [9.17, 15) is 4.39 Å². The first-order valence-corrected chi connectivity index (χ1v) is 4.08. The van der Waals surface area contributed by atoms with Crippen molar-refractivity contribution in [3.05, 3.63) is 0 Å². The van der Waals surface area contributed by atoms with Crippen molar-refractivity contribution in [3.63, 3.8) is 0 Å². The SMILES string of the molecule is CC1(C)CNC[C@H](CCF)O1. The van der Waals surface area contributed by atoms with E-state index in [0.717, 1.165) is 13.1 Å². The lowest BCUT2D eigenvalue weighted by Crippen LogP contribution is -2.50. The molecule has 0 aromatic rings. The third-order valence-electron chi connectivity index (χ3n) is 1.84. The van der Waals surface area contributed by atoms with Crippen LogP contribution < -0.4 is 5.32 Å². The highest BCUT2D eigenvalue weighted by Gasteiger charge is 2.27. The molecule has 1 aliphatic heterocycles. The molecular formula is C8H16FNO. The monoisotopic (exact) mass is 161 g/mol. The van der Waals surface area contributed by atoms with Crippen molar-refractivity contribution in [2.24, 2.45) is 0 Å².